The van der Waals surface area contributed by atoms with Crippen LogP contribution in [0.3, 0.4) is 0 Å². The number of aromatic hydroxyl groups is 1. The van der Waals surface area contributed by atoms with Gasteiger partial charge in [0.05, 0.1) is 0 Å². The molecule has 1 amide bonds. The number of aryl methyl sites for hydroxylation is 1. The fraction of sp³-hybridized carbons (Fsp3) is 0.0952. The van der Waals surface area contributed by atoms with Crippen molar-refractivity contribution in [2.75, 3.05) is 17.4 Å². The number of phenolic OH excluding ortho intramolecular Hbond substituents is 1. The normalized spacial score (nSPS) is 9.93. The van der Waals surface area contributed by atoms with E-state index in [9.17, 15) is 14.3 Å². The molecule has 28 heavy (non-hydrogen) atoms. The number of hydrogen-bond acceptors (Lipinski definition) is 4. The Morgan fingerprint density at radius 3 is 2.61 bits per heavy atom. The maximum atomic E-state index is 12.9. The molecule has 0 atom stereocenters. The zero-order chi connectivity index (χ0) is 19.2. The van der Waals surface area contributed by atoms with E-state index in [1.54, 1.807) is 0 Å². The first-order chi connectivity index (χ1) is 13.0. The zero-order valence-electron chi connectivity index (χ0n) is 15.2. The van der Waals surface area contributed by atoms with Gasteiger partial charge < -0.3 is 20.5 Å². The molecule has 141 valence electrons. The molecule has 3 rings (SSSR count). The topological polar surface area (TPSA) is 70.6 Å². The van der Waals surface area contributed by atoms with Crippen LogP contribution in [0.25, 0.3) is 0 Å². The molecule has 3 N–H and O–H groups in total. The van der Waals surface area contributed by atoms with Gasteiger partial charge in [0.1, 0.15) is 18.3 Å². The summed E-state index contributed by atoms with van der Waals surface area (Å²) in [5, 5.41) is 15.7. The van der Waals surface area contributed by atoms with Crippen molar-refractivity contribution >= 4 is 17.3 Å². The van der Waals surface area contributed by atoms with Gasteiger partial charge in [-0.25, -0.2) is 4.39 Å². The summed E-state index contributed by atoms with van der Waals surface area (Å²) in [6, 6.07) is 18.5. The van der Waals surface area contributed by atoms with Crippen LogP contribution in [0, 0.1) is 18.8 Å². The van der Waals surface area contributed by atoms with Gasteiger partial charge in [-0.3, -0.25) is 4.79 Å². The molecule has 0 unspecified atom stereocenters. The van der Waals surface area contributed by atoms with E-state index in [1.807, 2.05) is 31.2 Å². The molecular formula is C21H18FN2O3Y-. The number of amides is 1. The van der Waals surface area contributed by atoms with Crippen LogP contribution < -0.4 is 15.4 Å². The molecule has 0 aliphatic heterocycles. The number of benzene rings is 3. The minimum atomic E-state index is -0.422. The van der Waals surface area contributed by atoms with Crippen LogP contribution in [0.15, 0.2) is 60.7 Å². The molecule has 0 aliphatic rings. The average molecular weight is 454 g/mol. The molecule has 0 spiro atoms. The van der Waals surface area contributed by atoms with E-state index >= 15 is 0 Å². The first kappa shape index (κ1) is 21.9. The number of carbonyl (C=O) groups excluding carboxylic acids is 1. The molecule has 3 aromatic rings. The van der Waals surface area contributed by atoms with E-state index < -0.39 is 11.7 Å². The average Bonchev–Trinajstić information content (AvgIpc) is 2.64. The summed E-state index contributed by atoms with van der Waals surface area (Å²) in [4.78, 5) is 12.1. The summed E-state index contributed by atoms with van der Waals surface area (Å²) in [5.41, 5.74) is 2.11. The molecule has 0 fully saturated rings. The number of ether oxygens (including phenoxy) is 1. The zero-order valence-corrected chi connectivity index (χ0v) is 18.0. The van der Waals surface area contributed by atoms with Gasteiger partial charge >= 0.3 is 0 Å². The Kier molecular flexibility index (Phi) is 7.96. The van der Waals surface area contributed by atoms with Gasteiger partial charge in [-0.2, -0.15) is 6.07 Å². The van der Waals surface area contributed by atoms with Crippen molar-refractivity contribution in [1.29, 1.82) is 0 Å². The largest absolute Gasteiger partial charge is 0.531 e. The second-order valence-electron chi connectivity index (χ2n) is 5.89. The molecule has 0 aliphatic carbocycles. The van der Waals surface area contributed by atoms with E-state index in [0.717, 1.165) is 5.56 Å². The number of halogens is 1. The third-order valence-corrected chi connectivity index (χ3v) is 3.77. The first-order valence-corrected chi connectivity index (χ1v) is 8.26. The van der Waals surface area contributed by atoms with Crippen molar-refractivity contribution in [3.05, 3.63) is 83.7 Å². The number of hydrogen-bond donors (Lipinski definition) is 3. The Hall–Kier alpha value is -2.44. The molecule has 0 aromatic heterocycles. The van der Waals surface area contributed by atoms with E-state index in [0.29, 0.717) is 22.7 Å². The summed E-state index contributed by atoms with van der Waals surface area (Å²) >= 11 is 0. The smallest absolute Gasteiger partial charge is 0.253 e. The first-order valence-electron chi connectivity index (χ1n) is 8.26. The Bertz CT molecular complexity index is 949. The maximum Gasteiger partial charge on any atom is 0.253 e. The minimum absolute atomic E-state index is 0. The summed E-state index contributed by atoms with van der Waals surface area (Å²) in [6.45, 7) is 2.13. The Labute approximate surface area is 187 Å². The Morgan fingerprint density at radius 1 is 1.18 bits per heavy atom. The van der Waals surface area contributed by atoms with Crippen molar-refractivity contribution in [3.8, 4) is 11.5 Å². The second kappa shape index (κ2) is 10.2. The van der Waals surface area contributed by atoms with Crippen molar-refractivity contribution in [2.24, 2.45) is 0 Å². The predicted molar refractivity (Wildman–Crippen MR) is 102 cm³/mol. The summed E-state index contributed by atoms with van der Waals surface area (Å²) < 4.78 is 18.5. The van der Waals surface area contributed by atoms with Gasteiger partial charge in [-0.05, 0) is 54.6 Å². The van der Waals surface area contributed by atoms with Crippen molar-refractivity contribution in [1.82, 2.24) is 0 Å². The van der Waals surface area contributed by atoms with Crippen molar-refractivity contribution in [3.63, 3.8) is 0 Å². The summed E-state index contributed by atoms with van der Waals surface area (Å²) in [6.07, 6.45) is 0. The molecule has 0 saturated carbocycles. The van der Waals surface area contributed by atoms with Gasteiger partial charge in [-0.1, -0.05) is 17.8 Å². The standard InChI is InChI=1S/C21H18FN2O3.Y/c1-14-3-2-4-18(11-14)27-13-23-19-10-9-17(12-20(19)25)24-21(26)15-5-7-16(22)8-6-15;/h2-8,10-12,23,25H,13H2,1H3,(H,24,26);/q-1;. The van der Waals surface area contributed by atoms with Crippen molar-refractivity contribution in [2.45, 2.75) is 6.92 Å². The monoisotopic (exact) mass is 454 g/mol. The molecule has 3 aromatic carbocycles. The molecule has 0 saturated heterocycles. The molecule has 0 bridgehead atoms. The van der Waals surface area contributed by atoms with Gasteiger partial charge in [-0.15, -0.1) is 12.1 Å². The molecule has 1 radical (unpaired) electrons. The molecule has 7 heteroatoms. The number of nitrogens with one attached hydrogen (secondary N) is 2. The molecule has 5 nitrogen and oxygen atoms in total. The fourth-order valence-corrected chi connectivity index (χ4v) is 2.39. The second-order valence-corrected chi connectivity index (χ2v) is 5.89. The molecule has 0 heterocycles. The van der Waals surface area contributed by atoms with Crippen molar-refractivity contribution < 1.29 is 51.7 Å². The van der Waals surface area contributed by atoms with Gasteiger partial charge in [0.2, 0.25) is 0 Å². The van der Waals surface area contributed by atoms with Gasteiger partial charge in [0, 0.05) is 44.0 Å². The number of rotatable bonds is 6. The summed E-state index contributed by atoms with van der Waals surface area (Å²) in [7, 11) is 0. The van der Waals surface area contributed by atoms with E-state index in [1.165, 1.54) is 36.4 Å². The number of carbonyl (C=O) groups is 1. The van der Waals surface area contributed by atoms with Crippen LogP contribution >= 0.6 is 0 Å². The van der Waals surface area contributed by atoms with Crippen LogP contribution in [0.1, 0.15) is 15.9 Å². The Morgan fingerprint density at radius 2 is 1.93 bits per heavy atom. The van der Waals surface area contributed by atoms with Gasteiger partial charge in [0.15, 0.2) is 0 Å². The maximum absolute atomic E-state index is 12.9. The SMILES string of the molecule is Cc1cccc(OCNc2c[c-]c(NC(=O)c3ccc(F)cc3)cc2O)c1.[Y]. The fourth-order valence-electron chi connectivity index (χ4n) is 2.39. The summed E-state index contributed by atoms with van der Waals surface area (Å²) in [5.74, 6) is -0.182. The van der Waals surface area contributed by atoms with E-state index in [2.05, 4.69) is 16.7 Å². The minimum Gasteiger partial charge on any atom is -0.531 e. The quantitative estimate of drug-likeness (QED) is 0.295. The van der Waals surface area contributed by atoms with Gasteiger partial charge in [0.25, 0.3) is 5.91 Å². The Balaban J connectivity index is 0.00000280. The third-order valence-electron chi connectivity index (χ3n) is 3.77. The number of anilines is 2. The molecular weight excluding hydrogens is 436 g/mol. The number of phenols is 1. The van der Waals surface area contributed by atoms with Crippen LogP contribution in [0.2, 0.25) is 0 Å². The van der Waals surface area contributed by atoms with Crippen LogP contribution in [0.5, 0.6) is 11.5 Å². The van der Waals surface area contributed by atoms with Crippen LogP contribution in [-0.4, -0.2) is 17.7 Å². The predicted octanol–water partition coefficient (Wildman–Crippen LogP) is 4.34. The van der Waals surface area contributed by atoms with E-state index in [4.69, 9.17) is 4.74 Å². The van der Waals surface area contributed by atoms with Crippen LogP contribution in [0.4, 0.5) is 15.8 Å². The van der Waals surface area contributed by atoms with Crippen LogP contribution in [-0.2, 0) is 32.7 Å². The third kappa shape index (κ3) is 6.04. The van der Waals surface area contributed by atoms with E-state index in [-0.39, 0.29) is 45.2 Å².